The van der Waals surface area contributed by atoms with Crippen LogP contribution in [-0.4, -0.2) is 29.5 Å². The minimum atomic E-state index is -3.64. The fraction of sp³-hybridized carbons (Fsp3) is 0.217. The predicted octanol–water partition coefficient (Wildman–Crippen LogP) is 4.17. The second kappa shape index (κ2) is 8.95. The van der Waals surface area contributed by atoms with Crippen LogP contribution < -0.4 is 4.72 Å². The van der Waals surface area contributed by atoms with E-state index in [9.17, 15) is 12.8 Å². The van der Waals surface area contributed by atoms with Gasteiger partial charge in [0.1, 0.15) is 17.2 Å². The molecular weight excluding hydrogens is 415 g/mol. The van der Waals surface area contributed by atoms with Crippen molar-refractivity contribution in [2.45, 2.75) is 31.2 Å². The van der Waals surface area contributed by atoms with Gasteiger partial charge in [-0.2, -0.15) is 0 Å². The molecule has 0 aliphatic rings. The first-order valence-electron chi connectivity index (χ1n) is 10.1. The molecule has 31 heavy (non-hydrogen) atoms. The molecule has 0 saturated heterocycles. The molecule has 0 aliphatic heterocycles. The zero-order valence-electron chi connectivity index (χ0n) is 17.1. The van der Waals surface area contributed by atoms with Gasteiger partial charge in [0.25, 0.3) is 0 Å². The van der Waals surface area contributed by atoms with Crippen molar-refractivity contribution < 1.29 is 12.8 Å². The normalized spacial score (nSPS) is 11.8. The number of pyridine rings is 1. The molecule has 2 heterocycles. The summed E-state index contributed by atoms with van der Waals surface area (Å²) >= 11 is 0. The maximum atomic E-state index is 13.4. The van der Waals surface area contributed by atoms with Crippen molar-refractivity contribution in [2.24, 2.45) is 0 Å². The Hall–Kier alpha value is -3.10. The van der Waals surface area contributed by atoms with E-state index in [0.29, 0.717) is 23.5 Å². The first-order valence-corrected chi connectivity index (χ1v) is 11.6. The van der Waals surface area contributed by atoms with Crippen molar-refractivity contribution in [1.29, 1.82) is 0 Å². The van der Waals surface area contributed by atoms with E-state index in [0.717, 1.165) is 24.0 Å². The smallest absolute Gasteiger partial charge is 0.240 e. The van der Waals surface area contributed by atoms with Gasteiger partial charge in [-0.15, -0.1) is 0 Å². The molecule has 6 nitrogen and oxygen atoms in total. The molecule has 0 unspecified atom stereocenters. The molecule has 4 aromatic rings. The van der Waals surface area contributed by atoms with Gasteiger partial charge in [-0.1, -0.05) is 25.5 Å². The summed E-state index contributed by atoms with van der Waals surface area (Å²) in [5, 5.41) is 0. The van der Waals surface area contributed by atoms with Crippen molar-refractivity contribution in [3.63, 3.8) is 0 Å². The van der Waals surface area contributed by atoms with Gasteiger partial charge in [0.15, 0.2) is 5.65 Å². The van der Waals surface area contributed by atoms with E-state index in [1.165, 1.54) is 12.1 Å². The molecule has 0 aliphatic carbocycles. The third-order valence-corrected chi connectivity index (χ3v) is 6.48. The van der Waals surface area contributed by atoms with Crippen LogP contribution in [0.4, 0.5) is 4.39 Å². The molecule has 0 radical (unpaired) electrons. The maximum absolute atomic E-state index is 13.4. The molecule has 2 aromatic heterocycles. The monoisotopic (exact) mass is 438 g/mol. The Balaban J connectivity index is 1.56. The average molecular weight is 439 g/mol. The van der Waals surface area contributed by atoms with Crippen molar-refractivity contribution in [1.82, 2.24) is 19.3 Å². The van der Waals surface area contributed by atoms with Gasteiger partial charge in [0.2, 0.25) is 10.0 Å². The number of imidazole rings is 1. The molecule has 0 fully saturated rings. The number of halogens is 1. The average Bonchev–Trinajstić information content (AvgIpc) is 3.13. The Bertz CT molecular complexity index is 1280. The van der Waals surface area contributed by atoms with Crippen LogP contribution in [0.3, 0.4) is 0 Å². The van der Waals surface area contributed by atoms with Crippen LogP contribution >= 0.6 is 0 Å². The van der Waals surface area contributed by atoms with Crippen LogP contribution in [0, 0.1) is 5.82 Å². The molecule has 1 N–H and O–H groups in total. The third kappa shape index (κ3) is 4.65. The Kier molecular flexibility index (Phi) is 6.11. The number of hydrogen-bond donors (Lipinski definition) is 1. The van der Waals surface area contributed by atoms with E-state index in [-0.39, 0.29) is 17.3 Å². The number of sulfonamides is 1. The Labute approximate surface area is 180 Å². The van der Waals surface area contributed by atoms with E-state index < -0.39 is 10.0 Å². The Morgan fingerprint density at radius 3 is 2.48 bits per heavy atom. The summed E-state index contributed by atoms with van der Waals surface area (Å²) in [6, 6.07) is 16.6. The fourth-order valence-corrected chi connectivity index (χ4v) is 4.51. The van der Waals surface area contributed by atoms with Crippen LogP contribution in [0.15, 0.2) is 71.8 Å². The Morgan fingerprint density at radius 1 is 1.03 bits per heavy atom. The number of nitrogens with zero attached hydrogens (tertiary/aromatic N) is 3. The number of rotatable bonds is 8. The van der Waals surface area contributed by atoms with Gasteiger partial charge in [-0.25, -0.2) is 27.5 Å². The molecular formula is C23H23FN4O2S. The summed E-state index contributed by atoms with van der Waals surface area (Å²) in [6.07, 6.45) is 3.59. The molecule has 0 bridgehead atoms. The summed E-state index contributed by atoms with van der Waals surface area (Å²) in [5.74, 6) is 0.277. The summed E-state index contributed by atoms with van der Waals surface area (Å²) in [5.41, 5.74) is 3.18. The highest BCUT2D eigenvalue weighted by molar-refractivity contribution is 7.89. The highest BCUT2D eigenvalue weighted by Gasteiger charge is 2.16. The van der Waals surface area contributed by atoms with E-state index in [2.05, 4.69) is 21.6 Å². The van der Waals surface area contributed by atoms with Crippen molar-refractivity contribution in [2.75, 3.05) is 6.54 Å². The Morgan fingerprint density at radius 2 is 1.77 bits per heavy atom. The quantitative estimate of drug-likeness (QED) is 0.448. The lowest BCUT2D eigenvalue weighted by molar-refractivity contribution is 0.574. The summed E-state index contributed by atoms with van der Waals surface area (Å²) < 4.78 is 43.2. The van der Waals surface area contributed by atoms with Gasteiger partial charge in [-0.05, 0) is 60.5 Å². The lowest BCUT2D eigenvalue weighted by Gasteiger charge is -2.11. The summed E-state index contributed by atoms with van der Waals surface area (Å²) in [4.78, 5) is 9.24. The van der Waals surface area contributed by atoms with Gasteiger partial charge in [-0.3, -0.25) is 0 Å². The minimum Gasteiger partial charge on any atom is -0.307 e. The number of aromatic nitrogens is 3. The number of benzene rings is 2. The molecule has 160 valence electrons. The minimum absolute atomic E-state index is 0.162. The topological polar surface area (TPSA) is 76.9 Å². The number of fused-ring (bicyclic) bond motifs is 1. The fourth-order valence-electron chi connectivity index (χ4n) is 3.49. The predicted molar refractivity (Wildman–Crippen MR) is 119 cm³/mol. The lowest BCUT2D eigenvalue weighted by atomic mass is 10.1. The summed E-state index contributed by atoms with van der Waals surface area (Å²) in [6.45, 7) is 2.57. The third-order valence-electron chi connectivity index (χ3n) is 5.01. The molecule has 2 aromatic carbocycles. The number of aryl methyl sites for hydroxylation is 1. The van der Waals surface area contributed by atoms with E-state index in [1.54, 1.807) is 36.5 Å². The number of nitrogens with one attached hydrogen (secondary N) is 1. The largest absolute Gasteiger partial charge is 0.307 e. The van der Waals surface area contributed by atoms with Gasteiger partial charge in [0.05, 0.1) is 4.90 Å². The standard InChI is InChI=1S/C23H23FN4O2S/c1-2-4-17-6-12-20(13-7-17)31(29,30)26-15-16-28-22(18-8-10-19(24)11-9-18)27-21-5-3-14-25-23(21)28/h3,5-14,26H,2,4,15-16H2,1H3. The van der Waals surface area contributed by atoms with Crippen LogP contribution in [0.1, 0.15) is 18.9 Å². The second-order valence-corrected chi connectivity index (χ2v) is 9.00. The second-order valence-electron chi connectivity index (χ2n) is 7.23. The highest BCUT2D eigenvalue weighted by Crippen LogP contribution is 2.24. The van der Waals surface area contributed by atoms with Gasteiger partial charge < -0.3 is 4.57 Å². The van der Waals surface area contributed by atoms with Crippen LogP contribution in [0.5, 0.6) is 0 Å². The lowest BCUT2D eigenvalue weighted by Crippen LogP contribution is -2.27. The molecule has 0 saturated carbocycles. The van der Waals surface area contributed by atoms with Gasteiger partial charge >= 0.3 is 0 Å². The molecule has 0 spiro atoms. The number of hydrogen-bond acceptors (Lipinski definition) is 4. The first kappa shape index (κ1) is 21.1. The van der Waals surface area contributed by atoms with Crippen molar-refractivity contribution in [3.8, 4) is 11.4 Å². The SMILES string of the molecule is CCCc1ccc(S(=O)(=O)NCCn2c(-c3ccc(F)cc3)nc3cccnc32)cc1. The van der Waals surface area contributed by atoms with Gasteiger partial charge in [0, 0.05) is 24.8 Å². The zero-order valence-corrected chi connectivity index (χ0v) is 17.9. The highest BCUT2D eigenvalue weighted by atomic mass is 32.2. The molecule has 4 rings (SSSR count). The van der Waals surface area contributed by atoms with Crippen LogP contribution in [0.2, 0.25) is 0 Å². The molecule has 0 amide bonds. The molecule has 8 heteroatoms. The van der Waals surface area contributed by atoms with Crippen molar-refractivity contribution >= 4 is 21.2 Å². The van der Waals surface area contributed by atoms with Crippen LogP contribution in [-0.2, 0) is 23.0 Å². The van der Waals surface area contributed by atoms with Crippen LogP contribution in [0.25, 0.3) is 22.6 Å². The molecule has 0 atom stereocenters. The van der Waals surface area contributed by atoms with Crippen molar-refractivity contribution in [3.05, 3.63) is 78.2 Å². The first-order chi connectivity index (χ1) is 15.0. The van der Waals surface area contributed by atoms with E-state index in [4.69, 9.17) is 0 Å². The van der Waals surface area contributed by atoms with E-state index in [1.807, 2.05) is 22.8 Å². The van der Waals surface area contributed by atoms with E-state index >= 15 is 0 Å². The maximum Gasteiger partial charge on any atom is 0.240 e. The summed E-state index contributed by atoms with van der Waals surface area (Å²) in [7, 11) is -3.64. The zero-order chi connectivity index (χ0) is 21.8.